The Balaban J connectivity index is 4.45. The zero-order valence-electron chi connectivity index (χ0n) is 13.1. The van der Waals surface area contributed by atoms with Crippen molar-refractivity contribution in [2.75, 3.05) is 19.6 Å². The Labute approximate surface area is 109 Å². The smallest absolute Gasteiger partial charge is 0.0243 e. The highest BCUT2D eigenvalue weighted by Gasteiger charge is 2.22. The van der Waals surface area contributed by atoms with Crippen LogP contribution < -0.4 is 5.32 Å². The van der Waals surface area contributed by atoms with E-state index in [1.165, 1.54) is 25.9 Å². The van der Waals surface area contributed by atoms with Gasteiger partial charge in [0, 0.05) is 18.1 Å². The van der Waals surface area contributed by atoms with Crippen LogP contribution >= 0.6 is 0 Å². The van der Waals surface area contributed by atoms with Gasteiger partial charge in [0.1, 0.15) is 0 Å². The Morgan fingerprint density at radius 2 is 1.47 bits per heavy atom. The molecule has 2 nitrogen and oxygen atoms in total. The Morgan fingerprint density at radius 1 is 1.00 bits per heavy atom. The molecule has 0 aliphatic rings. The van der Waals surface area contributed by atoms with Gasteiger partial charge in [0.25, 0.3) is 0 Å². The molecule has 0 aromatic heterocycles. The van der Waals surface area contributed by atoms with Gasteiger partial charge < -0.3 is 5.32 Å². The fourth-order valence-electron chi connectivity index (χ4n) is 2.22. The van der Waals surface area contributed by atoms with E-state index in [2.05, 4.69) is 58.7 Å². The molecule has 1 atom stereocenters. The van der Waals surface area contributed by atoms with Crippen molar-refractivity contribution in [3.05, 3.63) is 0 Å². The predicted octanol–water partition coefficient (Wildman–Crippen LogP) is 3.52. The summed E-state index contributed by atoms with van der Waals surface area (Å²) < 4.78 is 0. The number of nitrogens with zero attached hydrogens (tertiary/aromatic N) is 1. The lowest BCUT2D eigenvalue weighted by Crippen LogP contribution is -2.50. The van der Waals surface area contributed by atoms with Crippen LogP contribution in [0.5, 0.6) is 0 Å². The van der Waals surface area contributed by atoms with Gasteiger partial charge in [0.15, 0.2) is 0 Å². The lowest BCUT2D eigenvalue weighted by Gasteiger charge is -2.36. The first-order valence-corrected chi connectivity index (χ1v) is 7.30. The summed E-state index contributed by atoms with van der Waals surface area (Å²) in [6.45, 7) is 19.5. The van der Waals surface area contributed by atoms with Crippen LogP contribution in [0.4, 0.5) is 0 Å². The normalized spacial score (nSPS) is 14.6. The molecule has 1 N–H and O–H groups in total. The summed E-state index contributed by atoms with van der Waals surface area (Å²) in [4.78, 5) is 2.66. The summed E-state index contributed by atoms with van der Waals surface area (Å²) >= 11 is 0. The summed E-state index contributed by atoms with van der Waals surface area (Å²) in [7, 11) is 0. The SMILES string of the molecule is CCCN(CCC)C(CNC(C)(C)C)C(C)C. The molecule has 0 amide bonds. The number of hydrogen-bond donors (Lipinski definition) is 1. The molecule has 2 heteroatoms. The predicted molar refractivity (Wildman–Crippen MR) is 78.5 cm³/mol. The highest BCUT2D eigenvalue weighted by Crippen LogP contribution is 2.13. The van der Waals surface area contributed by atoms with E-state index in [1.54, 1.807) is 0 Å². The first-order chi connectivity index (χ1) is 7.81. The first kappa shape index (κ1) is 16.9. The average molecular weight is 242 g/mol. The van der Waals surface area contributed by atoms with Gasteiger partial charge in [0.05, 0.1) is 0 Å². The second-order valence-corrected chi connectivity index (χ2v) is 6.48. The summed E-state index contributed by atoms with van der Waals surface area (Å²) in [5, 5.41) is 3.66. The van der Waals surface area contributed by atoms with E-state index < -0.39 is 0 Å². The van der Waals surface area contributed by atoms with E-state index in [9.17, 15) is 0 Å². The molecule has 104 valence electrons. The second kappa shape index (κ2) is 8.10. The van der Waals surface area contributed by atoms with Gasteiger partial charge in [-0.2, -0.15) is 0 Å². The summed E-state index contributed by atoms with van der Waals surface area (Å²) in [6.07, 6.45) is 2.50. The largest absolute Gasteiger partial charge is 0.311 e. The van der Waals surface area contributed by atoms with E-state index >= 15 is 0 Å². The Morgan fingerprint density at radius 3 is 1.76 bits per heavy atom. The molecule has 0 spiro atoms. The van der Waals surface area contributed by atoms with Gasteiger partial charge in [-0.15, -0.1) is 0 Å². The van der Waals surface area contributed by atoms with E-state index in [1.807, 2.05) is 0 Å². The maximum atomic E-state index is 3.66. The summed E-state index contributed by atoms with van der Waals surface area (Å²) in [6, 6.07) is 0.661. The third-order valence-electron chi connectivity index (χ3n) is 3.10. The van der Waals surface area contributed by atoms with Crippen LogP contribution in [0.1, 0.15) is 61.3 Å². The summed E-state index contributed by atoms with van der Waals surface area (Å²) in [5.41, 5.74) is 0.219. The van der Waals surface area contributed by atoms with Crippen LogP contribution in [0.2, 0.25) is 0 Å². The molecule has 1 unspecified atom stereocenters. The number of nitrogens with one attached hydrogen (secondary N) is 1. The third kappa shape index (κ3) is 7.77. The van der Waals surface area contributed by atoms with Gasteiger partial charge in [-0.25, -0.2) is 0 Å². The van der Waals surface area contributed by atoms with Crippen molar-refractivity contribution < 1.29 is 0 Å². The van der Waals surface area contributed by atoms with Crippen LogP contribution in [-0.2, 0) is 0 Å². The van der Waals surface area contributed by atoms with Crippen molar-refractivity contribution in [3.8, 4) is 0 Å². The fraction of sp³-hybridized carbons (Fsp3) is 1.00. The van der Waals surface area contributed by atoms with Crippen molar-refractivity contribution in [1.29, 1.82) is 0 Å². The van der Waals surface area contributed by atoms with Gasteiger partial charge in [-0.05, 0) is 52.6 Å². The molecule has 17 heavy (non-hydrogen) atoms. The van der Waals surface area contributed by atoms with Crippen molar-refractivity contribution in [2.45, 2.75) is 72.9 Å². The topological polar surface area (TPSA) is 15.3 Å². The minimum Gasteiger partial charge on any atom is -0.311 e. The molecule has 0 aliphatic carbocycles. The molecular weight excluding hydrogens is 208 g/mol. The number of rotatable bonds is 8. The van der Waals surface area contributed by atoms with Crippen LogP contribution in [0.15, 0.2) is 0 Å². The lowest BCUT2D eigenvalue weighted by molar-refractivity contribution is 0.144. The zero-order chi connectivity index (χ0) is 13.5. The minimum atomic E-state index is 0.219. The van der Waals surface area contributed by atoms with Crippen molar-refractivity contribution in [2.24, 2.45) is 5.92 Å². The molecule has 0 rings (SSSR count). The van der Waals surface area contributed by atoms with E-state index in [-0.39, 0.29) is 5.54 Å². The standard InChI is InChI=1S/C15H34N2/c1-8-10-17(11-9-2)14(13(3)4)12-16-15(5,6)7/h13-14,16H,8-12H2,1-7H3. The second-order valence-electron chi connectivity index (χ2n) is 6.48. The average Bonchev–Trinajstić information content (AvgIpc) is 2.16. The monoisotopic (exact) mass is 242 g/mol. The maximum absolute atomic E-state index is 3.66. The van der Waals surface area contributed by atoms with E-state index in [4.69, 9.17) is 0 Å². The molecule has 0 fully saturated rings. The third-order valence-corrected chi connectivity index (χ3v) is 3.10. The Hall–Kier alpha value is -0.0800. The van der Waals surface area contributed by atoms with Crippen molar-refractivity contribution in [3.63, 3.8) is 0 Å². The molecule has 0 aromatic rings. The molecular formula is C15H34N2. The van der Waals surface area contributed by atoms with Gasteiger partial charge in [-0.3, -0.25) is 4.90 Å². The van der Waals surface area contributed by atoms with Crippen LogP contribution in [0.25, 0.3) is 0 Å². The minimum absolute atomic E-state index is 0.219. The van der Waals surface area contributed by atoms with Crippen molar-refractivity contribution in [1.82, 2.24) is 10.2 Å². The molecule has 0 aliphatic heterocycles. The first-order valence-electron chi connectivity index (χ1n) is 7.30. The molecule has 0 radical (unpaired) electrons. The Kier molecular flexibility index (Phi) is 8.06. The van der Waals surface area contributed by atoms with Crippen LogP contribution in [0, 0.1) is 5.92 Å². The van der Waals surface area contributed by atoms with Gasteiger partial charge >= 0.3 is 0 Å². The van der Waals surface area contributed by atoms with Crippen molar-refractivity contribution >= 4 is 0 Å². The van der Waals surface area contributed by atoms with Gasteiger partial charge in [-0.1, -0.05) is 27.7 Å². The van der Waals surface area contributed by atoms with Crippen LogP contribution in [-0.4, -0.2) is 36.1 Å². The maximum Gasteiger partial charge on any atom is 0.0243 e. The molecule has 0 bridgehead atoms. The lowest BCUT2D eigenvalue weighted by atomic mass is 10.00. The van der Waals surface area contributed by atoms with Gasteiger partial charge in [0.2, 0.25) is 0 Å². The van der Waals surface area contributed by atoms with Crippen LogP contribution in [0.3, 0.4) is 0 Å². The summed E-state index contributed by atoms with van der Waals surface area (Å²) in [5.74, 6) is 0.711. The van der Waals surface area contributed by atoms with E-state index in [0.717, 1.165) is 6.54 Å². The highest BCUT2D eigenvalue weighted by atomic mass is 15.2. The molecule has 0 saturated heterocycles. The molecule has 0 aromatic carbocycles. The van der Waals surface area contributed by atoms with E-state index in [0.29, 0.717) is 12.0 Å². The fourth-order valence-corrected chi connectivity index (χ4v) is 2.22. The molecule has 0 saturated carbocycles. The quantitative estimate of drug-likeness (QED) is 0.700. The Bertz CT molecular complexity index is 176. The molecule has 0 heterocycles. The number of hydrogen-bond acceptors (Lipinski definition) is 2. The highest BCUT2D eigenvalue weighted by molar-refractivity contribution is 4.81. The zero-order valence-corrected chi connectivity index (χ0v) is 13.1.